The number of hydrogen-bond donors (Lipinski definition) is 2. The number of morpholine rings is 1. The number of amides is 1. The van der Waals surface area contributed by atoms with Crippen LogP contribution in [0.1, 0.15) is 22.0 Å². The second-order valence-electron chi connectivity index (χ2n) is 5.84. The highest BCUT2D eigenvalue weighted by molar-refractivity contribution is 5.93. The van der Waals surface area contributed by atoms with Crippen LogP contribution in [0, 0.1) is 5.82 Å². The van der Waals surface area contributed by atoms with E-state index in [2.05, 4.69) is 15.2 Å². The zero-order valence-electron chi connectivity index (χ0n) is 13.7. The lowest BCUT2D eigenvalue weighted by atomic mass is 10.0. The van der Waals surface area contributed by atoms with Crippen molar-refractivity contribution in [2.75, 3.05) is 32.8 Å². The number of nitrogens with zero attached hydrogens (tertiary/aromatic N) is 1. The van der Waals surface area contributed by atoms with Gasteiger partial charge in [-0.25, -0.2) is 4.39 Å². The van der Waals surface area contributed by atoms with Crippen LogP contribution in [0.4, 0.5) is 4.39 Å². The van der Waals surface area contributed by atoms with Crippen LogP contribution in [-0.4, -0.2) is 48.6 Å². The first kappa shape index (κ1) is 17.3. The molecule has 6 nitrogen and oxygen atoms in total. The summed E-state index contributed by atoms with van der Waals surface area (Å²) in [5, 5.41) is 2.79. The second kappa shape index (κ2) is 8.04. The minimum atomic E-state index is -0.448. The van der Waals surface area contributed by atoms with E-state index in [4.69, 9.17) is 4.74 Å². The number of pyridine rings is 1. The average molecular weight is 345 g/mol. The molecule has 1 aromatic heterocycles. The van der Waals surface area contributed by atoms with Crippen molar-refractivity contribution in [1.29, 1.82) is 0 Å². The molecule has 0 saturated carbocycles. The van der Waals surface area contributed by atoms with Crippen LogP contribution in [0.25, 0.3) is 0 Å². The summed E-state index contributed by atoms with van der Waals surface area (Å²) in [6.45, 7) is 2.86. The van der Waals surface area contributed by atoms with Crippen molar-refractivity contribution >= 4 is 5.91 Å². The summed E-state index contributed by atoms with van der Waals surface area (Å²) in [6, 6.07) is 9.24. The Hall–Kier alpha value is -2.51. The number of rotatable bonds is 5. The quantitative estimate of drug-likeness (QED) is 0.857. The first-order valence-electron chi connectivity index (χ1n) is 8.18. The molecule has 0 unspecified atom stereocenters. The molecule has 0 spiro atoms. The number of benzene rings is 1. The van der Waals surface area contributed by atoms with Crippen LogP contribution >= 0.6 is 0 Å². The molecule has 2 heterocycles. The van der Waals surface area contributed by atoms with Crippen LogP contribution in [0.3, 0.4) is 0 Å². The zero-order valence-corrected chi connectivity index (χ0v) is 13.7. The normalized spacial score (nSPS) is 16.4. The van der Waals surface area contributed by atoms with Gasteiger partial charge in [0.1, 0.15) is 11.4 Å². The summed E-state index contributed by atoms with van der Waals surface area (Å²) in [5.74, 6) is -0.766. The predicted molar refractivity (Wildman–Crippen MR) is 90.9 cm³/mol. The van der Waals surface area contributed by atoms with Crippen LogP contribution in [0.5, 0.6) is 0 Å². The van der Waals surface area contributed by atoms with E-state index in [0.717, 1.165) is 5.56 Å². The maximum absolute atomic E-state index is 13.6. The Morgan fingerprint density at radius 3 is 2.80 bits per heavy atom. The molecule has 25 heavy (non-hydrogen) atoms. The Labute approximate surface area is 144 Å². The van der Waals surface area contributed by atoms with E-state index in [0.29, 0.717) is 26.3 Å². The highest BCUT2D eigenvalue weighted by Crippen LogP contribution is 2.22. The topological polar surface area (TPSA) is 74.4 Å². The van der Waals surface area contributed by atoms with Crippen molar-refractivity contribution in [2.45, 2.75) is 6.04 Å². The number of aromatic nitrogens is 1. The molecule has 0 bridgehead atoms. The number of carbonyl (C=O) groups excluding carboxylic acids is 1. The minimum absolute atomic E-state index is 0.0578. The van der Waals surface area contributed by atoms with Crippen LogP contribution in [0.15, 0.2) is 47.4 Å². The highest BCUT2D eigenvalue weighted by Gasteiger charge is 2.24. The van der Waals surface area contributed by atoms with Gasteiger partial charge in [0.25, 0.3) is 11.5 Å². The number of nitrogens with one attached hydrogen (secondary N) is 2. The number of aromatic amines is 1. The van der Waals surface area contributed by atoms with E-state index in [1.165, 1.54) is 24.4 Å². The Bertz CT molecular complexity index is 787. The summed E-state index contributed by atoms with van der Waals surface area (Å²) >= 11 is 0. The fourth-order valence-corrected chi connectivity index (χ4v) is 2.95. The summed E-state index contributed by atoms with van der Waals surface area (Å²) in [5.41, 5.74) is 0.403. The van der Waals surface area contributed by atoms with Crippen LogP contribution in [-0.2, 0) is 4.74 Å². The van der Waals surface area contributed by atoms with Crippen molar-refractivity contribution in [3.63, 3.8) is 0 Å². The first-order valence-corrected chi connectivity index (χ1v) is 8.18. The highest BCUT2D eigenvalue weighted by atomic mass is 19.1. The van der Waals surface area contributed by atoms with Crippen LogP contribution in [0.2, 0.25) is 0 Å². The summed E-state index contributed by atoms with van der Waals surface area (Å²) in [4.78, 5) is 28.7. The van der Waals surface area contributed by atoms with Gasteiger partial charge in [0, 0.05) is 25.8 Å². The Morgan fingerprint density at radius 2 is 2.08 bits per heavy atom. The third kappa shape index (κ3) is 4.32. The number of H-pyrrole nitrogens is 1. The predicted octanol–water partition coefficient (Wildman–Crippen LogP) is 1.32. The van der Waals surface area contributed by atoms with E-state index in [-0.39, 0.29) is 24.0 Å². The molecule has 7 heteroatoms. The third-order valence-corrected chi connectivity index (χ3v) is 4.24. The van der Waals surface area contributed by atoms with Crippen LogP contribution < -0.4 is 10.9 Å². The lowest BCUT2D eigenvalue weighted by molar-refractivity contribution is 0.0162. The van der Waals surface area contributed by atoms with E-state index >= 15 is 0 Å². The smallest absolute Gasteiger partial charge is 0.260 e. The molecule has 1 aromatic carbocycles. The third-order valence-electron chi connectivity index (χ3n) is 4.24. The summed E-state index contributed by atoms with van der Waals surface area (Å²) < 4.78 is 19.0. The number of carbonyl (C=O) groups is 1. The molecule has 0 aliphatic carbocycles. The lowest BCUT2D eigenvalue weighted by Crippen LogP contribution is -2.44. The number of hydrogen-bond acceptors (Lipinski definition) is 4. The molecule has 1 fully saturated rings. The molecule has 3 rings (SSSR count). The van der Waals surface area contributed by atoms with Gasteiger partial charge >= 0.3 is 0 Å². The second-order valence-corrected chi connectivity index (χ2v) is 5.84. The van der Waals surface area contributed by atoms with Gasteiger partial charge in [-0.2, -0.15) is 0 Å². The molecule has 1 aliphatic rings. The van der Waals surface area contributed by atoms with E-state index in [1.54, 1.807) is 12.1 Å². The molecule has 0 radical (unpaired) electrons. The molecule has 1 aliphatic heterocycles. The summed E-state index contributed by atoms with van der Waals surface area (Å²) in [7, 11) is 0. The van der Waals surface area contributed by atoms with Gasteiger partial charge in [-0.05, 0) is 29.8 Å². The largest absolute Gasteiger partial charge is 0.379 e. The van der Waals surface area contributed by atoms with Gasteiger partial charge < -0.3 is 15.0 Å². The molecule has 2 N–H and O–H groups in total. The first-order chi connectivity index (χ1) is 12.1. The fourth-order valence-electron chi connectivity index (χ4n) is 2.95. The lowest BCUT2D eigenvalue weighted by Gasteiger charge is -2.34. The van der Waals surface area contributed by atoms with E-state index < -0.39 is 11.5 Å². The van der Waals surface area contributed by atoms with Gasteiger partial charge in [0.2, 0.25) is 0 Å². The molecule has 1 atom stereocenters. The molecule has 132 valence electrons. The average Bonchev–Trinajstić information content (AvgIpc) is 2.63. The molecule has 1 amide bonds. The van der Waals surface area contributed by atoms with Crippen molar-refractivity contribution in [1.82, 2.24) is 15.2 Å². The molecule has 2 aromatic rings. The maximum atomic E-state index is 13.6. The minimum Gasteiger partial charge on any atom is -0.379 e. The van der Waals surface area contributed by atoms with Gasteiger partial charge in [-0.1, -0.05) is 12.1 Å². The van der Waals surface area contributed by atoms with Gasteiger partial charge in [0.15, 0.2) is 0 Å². The molecule has 1 saturated heterocycles. The van der Waals surface area contributed by atoms with Crippen molar-refractivity contribution < 1.29 is 13.9 Å². The van der Waals surface area contributed by atoms with Gasteiger partial charge in [-0.15, -0.1) is 0 Å². The Balaban J connectivity index is 1.76. The monoisotopic (exact) mass is 345 g/mol. The Kier molecular flexibility index (Phi) is 5.57. The fraction of sp³-hybridized carbons (Fsp3) is 0.333. The van der Waals surface area contributed by atoms with E-state index in [1.807, 2.05) is 6.07 Å². The van der Waals surface area contributed by atoms with Crippen molar-refractivity contribution in [2.24, 2.45) is 0 Å². The standard InChI is InChI=1S/C18H20FN3O3/c19-14-4-1-3-13(11-14)16(22-7-9-25-10-8-22)12-21-18(24)15-5-2-6-20-17(15)23/h1-6,11,16H,7-10,12H2,(H,20,23)(H,21,24)/t16-/m1/s1. The van der Waals surface area contributed by atoms with Gasteiger partial charge in [0.05, 0.1) is 19.3 Å². The summed E-state index contributed by atoms with van der Waals surface area (Å²) in [6.07, 6.45) is 1.47. The molecular formula is C18H20FN3O3. The van der Waals surface area contributed by atoms with Crippen molar-refractivity contribution in [3.8, 4) is 0 Å². The van der Waals surface area contributed by atoms with E-state index in [9.17, 15) is 14.0 Å². The van der Waals surface area contributed by atoms with Gasteiger partial charge in [-0.3, -0.25) is 14.5 Å². The Morgan fingerprint density at radius 1 is 1.28 bits per heavy atom. The SMILES string of the molecule is O=C(NC[C@H](c1cccc(F)c1)N1CCOCC1)c1ccc[nH]c1=O. The van der Waals surface area contributed by atoms with Crippen molar-refractivity contribution in [3.05, 3.63) is 69.9 Å². The maximum Gasteiger partial charge on any atom is 0.260 e. The zero-order chi connectivity index (χ0) is 17.6. The number of halogens is 1. The molecular weight excluding hydrogens is 325 g/mol. The number of ether oxygens (including phenoxy) is 1.